The third-order valence-electron chi connectivity index (χ3n) is 3.78. The Labute approximate surface area is 118 Å². The third kappa shape index (κ3) is 3.30. The van der Waals surface area contributed by atoms with E-state index in [0.29, 0.717) is 5.02 Å². The van der Waals surface area contributed by atoms with Crippen LogP contribution in [0.15, 0.2) is 18.2 Å². The van der Waals surface area contributed by atoms with Crippen molar-refractivity contribution in [3.63, 3.8) is 0 Å². The highest BCUT2D eigenvalue weighted by atomic mass is 35.5. The van der Waals surface area contributed by atoms with E-state index in [1.54, 1.807) is 0 Å². The smallest absolute Gasteiger partial charge is 0.0453 e. The standard InChI is InChI=1S/C14H17Cl3/c15-10-14(6-2-1-3-7-14)9-11-4-5-12(16)8-13(11)17/h4-5,8H,1-3,6-7,9-10H2. The van der Waals surface area contributed by atoms with Crippen LogP contribution < -0.4 is 0 Å². The minimum absolute atomic E-state index is 0.247. The van der Waals surface area contributed by atoms with Gasteiger partial charge in [0.05, 0.1) is 0 Å². The third-order valence-corrected chi connectivity index (χ3v) is 4.93. The van der Waals surface area contributed by atoms with Crippen molar-refractivity contribution in [2.45, 2.75) is 38.5 Å². The van der Waals surface area contributed by atoms with E-state index in [2.05, 4.69) is 0 Å². The second kappa shape index (κ2) is 5.82. The Bertz CT molecular complexity index is 381. The van der Waals surface area contributed by atoms with E-state index in [9.17, 15) is 0 Å². The van der Waals surface area contributed by atoms with E-state index >= 15 is 0 Å². The molecule has 0 aromatic heterocycles. The first-order valence-corrected chi connectivity index (χ1v) is 7.44. The highest BCUT2D eigenvalue weighted by Crippen LogP contribution is 2.41. The summed E-state index contributed by atoms with van der Waals surface area (Å²) in [5.74, 6) is 0.728. The normalized spacial score (nSPS) is 19.2. The van der Waals surface area contributed by atoms with Gasteiger partial charge in [0.25, 0.3) is 0 Å². The first kappa shape index (κ1) is 13.5. The summed E-state index contributed by atoms with van der Waals surface area (Å²) in [5, 5.41) is 1.47. The number of hydrogen-bond donors (Lipinski definition) is 0. The fourth-order valence-electron chi connectivity index (χ4n) is 2.73. The van der Waals surface area contributed by atoms with Crippen molar-refractivity contribution in [1.29, 1.82) is 0 Å². The van der Waals surface area contributed by atoms with Crippen LogP contribution in [0, 0.1) is 5.41 Å². The molecule has 1 aromatic carbocycles. The number of benzene rings is 1. The molecular formula is C14H17Cl3. The average Bonchev–Trinajstić information content (AvgIpc) is 2.34. The van der Waals surface area contributed by atoms with E-state index in [4.69, 9.17) is 34.8 Å². The monoisotopic (exact) mass is 290 g/mol. The van der Waals surface area contributed by atoms with Crippen LogP contribution in [0.25, 0.3) is 0 Å². The van der Waals surface area contributed by atoms with Gasteiger partial charge in [-0.15, -0.1) is 11.6 Å². The highest BCUT2D eigenvalue weighted by molar-refractivity contribution is 6.35. The molecule has 0 atom stereocenters. The first-order chi connectivity index (χ1) is 8.15. The molecule has 0 radical (unpaired) electrons. The molecule has 2 rings (SSSR count). The molecule has 1 aromatic rings. The zero-order valence-electron chi connectivity index (χ0n) is 9.82. The topological polar surface area (TPSA) is 0 Å². The van der Waals surface area contributed by atoms with Crippen molar-refractivity contribution >= 4 is 34.8 Å². The molecule has 0 N–H and O–H groups in total. The Balaban J connectivity index is 2.17. The number of hydrogen-bond acceptors (Lipinski definition) is 0. The van der Waals surface area contributed by atoms with Gasteiger partial charge in [0.15, 0.2) is 0 Å². The van der Waals surface area contributed by atoms with E-state index in [-0.39, 0.29) is 5.41 Å². The molecule has 94 valence electrons. The maximum Gasteiger partial charge on any atom is 0.0453 e. The molecule has 0 spiro atoms. The molecule has 1 aliphatic carbocycles. The van der Waals surface area contributed by atoms with Gasteiger partial charge in [0, 0.05) is 15.9 Å². The fraction of sp³-hybridized carbons (Fsp3) is 0.571. The Kier molecular flexibility index (Phi) is 4.63. The van der Waals surface area contributed by atoms with Crippen LogP contribution in [0.1, 0.15) is 37.7 Å². The molecule has 0 aliphatic heterocycles. The Hall–Kier alpha value is 0.0900. The highest BCUT2D eigenvalue weighted by Gasteiger charge is 2.31. The van der Waals surface area contributed by atoms with Crippen molar-refractivity contribution in [1.82, 2.24) is 0 Å². The van der Waals surface area contributed by atoms with Gasteiger partial charge in [0.1, 0.15) is 0 Å². The summed E-state index contributed by atoms with van der Waals surface area (Å²) in [6.45, 7) is 0. The lowest BCUT2D eigenvalue weighted by Gasteiger charge is -2.36. The molecule has 0 saturated heterocycles. The van der Waals surface area contributed by atoms with Gasteiger partial charge in [-0.3, -0.25) is 0 Å². The van der Waals surface area contributed by atoms with Gasteiger partial charge < -0.3 is 0 Å². The maximum absolute atomic E-state index is 6.24. The molecule has 0 bridgehead atoms. The van der Waals surface area contributed by atoms with E-state index in [1.165, 1.54) is 37.7 Å². The predicted molar refractivity (Wildman–Crippen MR) is 76.4 cm³/mol. The van der Waals surface area contributed by atoms with Crippen molar-refractivity contribution in [3.05, 3.63) is 33.8 Å². The lowest BCUT2D eigenvalue weighted by molar-refractivity contribution is 0.219. The molecular weight excluding hydrogens is 275 g/mol. The molecule has 0 heterocycles. The van der Waals surface area contributed by atoms with Gasteiger partial charge in [-0.1, -0.05) is 48.5 Å². The van der Waals surface area contributed by atoms with Gasteiger partial charge in [-0.25, -0.2) is 0 Å². The van der Waals surface area contributed by atoms with Crippen LogP contribution in [0.2, 0.25) is 10.0 Å². The summed E-state index contributed by atoms with van der Waals surface area (Å²) in [4.78, 5) is 0. The summed E-state index contributed by atoms with van der Waals surface area (Å²) in [6.07, 6.45) is 7.33. The molecule has 0 nitrogen and oxygen atoms in total. The lowest BCUT2D eigenvalue weighted by atomic mass is 9.72. The molecule has 0 amide bonds. The summed E-state index contributed by atoms with van der Waals surface area (Å²) in [6, 6.07) is 5.77. The van der Waals surface area contributed by atoms with Crippen molar-refractivity contribution in [2.75, 3.05) is 5.88 Å². The number of halogens is 3. The summed E-state index contributed by atoms with van der Waals surface area (Å²) < 4.78 is 0. The van der Waals surface area contributed by atoms with Crippen LogP contribution >= 0.6 is 34.8 Å². The molecule has 1 aliphatic rings. The zero-order valence-corrected chi connectivity index (χ0v) is 12.1. The van der Waals surface area contributed by atoms with Gasteiger partial charge in [-0.2, -0.15) is 0 Å². The minimum Gasteiger partial charge on any atom is -0.126 e. The Morgan fingerprint density at radius 2 is 1.76 bits per heavy atom. The van der Waals surface area contributed by atoms with E-state index in [1.807, 2.05) is 18.2 Å². The molecule has 1 saturated carbocycles. The minimum atomic E-state index is 0.247. The SMILES string of the molecule is ClCC1(Cc2ccc(Cl)cc2Cl)CCCCC1. The fourth-order valence-corrected chi connectivity index (χ4v) is 3.57. The van der Waals surface area contributed by atoms with Gasteiger partial charge in [-0.05, 0) is 42.4 Å². The van der Waals surface area contributed by atoms with Crippen molar-refractivity contribution < 1.29 is 0 Å². The van der Waals surface area contributed by atoms with Gasteiger partial charge >= 0.3 is 0 Å². The summed E-state index contributed by atoms with van der Waals surface area (Å²) in [7, 11) is 0. The van der Waals surface area contributed by atoms with Crippen molar-refractivity contribution in [2.24, 2.45) is 5.41 Å². The van der Waals surface area contributed by atoms with E-state index < -0.39 is 0 Å². The van der Waals surface area contributed by atoms with Crippen LogP contribution in [0.3, 0.4) is 0 Å². The van der Waals surface area contributed by atoms with Crippen molar-refractivity contribution in [3.8, 4) is 0 Å². The molecule has 0 unspecified atom stereocenters. The maximum atomic E-state index is 6.24. The van der Waals surface area contributed by atoms with E-state index in [0.717, 1.165) is 17.3 Å². The summed E-state index contributed by atoms with van der Waals surface area (Å²) in [5.41, 5.74) is 1.43. The molecule has 3 heteroatoms. The second-order valence-corrected chi connectivity index (χ2v) is 6.22. The Morgan fingerprint density at radius 1 is 1.06 bits per heavy atom. The summed E-state index contributed by atoms with van der Waals surface area (Å²) >= 11 is 18.4. The van der Waals surface area contributed by atoms with Crippen LogP contribution in [-0.2, 0) is 6.42 Å². The predicted octanol–water partition coefficient (Wildman–Crippen LogP) is 5.73. The Morgan fingerprint density at radius 3 is 2.35 bits per heavy atom. The average molecular weight is 292 g/mol. The lowest BCUT2D eigenvalue weighted by Crippen LogP contribution is -2.28. The molecule has 17 heavy (non-hydrogen) atoms. The van der Waals surface area contributed by atoms with Crippen LogP contribution in [-0.4, -0.2) is 5.88 Å². The van der Waals surface area contributed by atoms with Gasteiger partial charge in [0.2, 0.25) is 0 Å². The first-order valence-electron chi connectivity index (χ1n) is 6.15. The van der Waals surface area contributed by atoms with Crippen LogP contribution in [0.5, 0.6) is 0 Å². The number of alkyl halides is 1. The quantitative estimate of drug-likeness (QED) is 0.624. The number of rotatable bonds is 3. The van der Waals surface area contributed by atoms with Crippen LogP contribution in [0.4, 0.5) is 0 Å². The molecule has 1 fully saturated rings. The largest absolute Gasteiger partial charge is 0.126 e. The second-order valence-electron chi connectivity index (χ2n) is 5.11. The zero-order chi connectivity index (χ0) is 12.3.